The molecule has 216 valence electrons. The van der Waals surface area contributed by atoms with Gasteiger partial charge in [0.2, 0.25) is 10.0 Å². The summed E-state index contributed by atoms with van der Waals surface area (Å²) in [5, 5.41) is 14.5. The van der Waals surface area contributed by atoms with Crippen molar-refractivity contribution >= 4 is 33.6 Å². The van der Waals surface area contributed by atoms with Crippen molar-refractivity contribution in [3.05, 3.63) is 114 Å². The highest BCUT2D eigenvalue weighted by Crippen LogP contribution is 2.30. The lowest BCUT2D eigenvalue weighted by Gasteiger charge is -2.24. The van der Waals surface area contributed by atoms with Crippen LogP contribution in [0.3, 0.4) is 0 Å². The Morgan fingerprint density at radius 2 is 1.36 bits per heavy atom. The molecule has 10 nitrogen and oxygen atoms in total. The molecule has 0 saturated heterocycles. The van der Waals surface area contributed by atoms with E-state index in [2.05, 4.69) is 4.98 Å². The van der Waals surface area contributed by atoms with Crippen LogP contribution in [0.2, 0.25) is 0 Å². The van der Waals surface area contributed by atoms with E-state index in [1.807, 2.05) is 0 Å². The van der Waals surface area contributed by atoms with Crippen LogP contribution in [0.15, 0.2) is 102 Å². The molecule has 0 aliphatic heterocycles. The van der Waals surface area contributed by atoms with Crippen LogP contribution in [0.1, 0.15) is 32.7 Å². The quantitative estimate of drug-likeness (QED) is 0.271. The fraction of sp³-hybridized carbons (Fsp3) is 0.161. The molecule has 0 aliphatic carbocycles. The number of hydrogen-bond acceptors (Lipinski definition) is 6. The maximum atomic E-state index is 13.9. The number of nitrogens with zero attached hydrogens (tertiary/aromatic N) is 3. The largest absolute Gasteiger partial charge is 0.481 e. The summed E-state index contributed by atoms with van der Waals surface area (Å²) in [6.07, 6.45) is 1.68. The minimum absolute atomic E-state index is 0.0270. The van der Waals surface area contributed by atoms with Gasteiger partial charge in [-0.25, -0.2) is 18.5 Å². The predicted molar refractivity (Wildman–Crippen MR) is 159 cm³/mol. The van der Waals surface area contributed by atoms with E-state index in [4.69, 9.17) is 5.14 Å². The van der Waals surface area contributed by atoms with Gasteiger partial charge >= 0.3 is 5.97 Å². The number of carbonyl (C=O) groups excluding carboxylic acids is 2. The van der Waals surface area contributed by atoms with Crippen LogP contribution < -0.4 is 10.0 Å². The summed E-state index contributed by atoms with van der Waals surface area (Å²) in [7, 11) is -2.21. The summed E-state index contributed by atoms with van der Waals surface area (Å²) >= 11 is 0. The van der Waals surface area contributed by atoms with Crippen LogP contribution in [0.5, 0.6) is 0 Å². The SMILES string of the molecule is CN(C(=O)c1ccccc1-c1ccccc1C(=O)N(CCC(=O)O)CCc1ccc(S(N)(=O)=O)cc1)c1ccccn1. The van der Waals surface area contributed by atoms with Crippen molar-refractivity contribution in [1.29, 1.82) is 0 Å². The zero-order chi connectivity index (χ0) is 30.3. The number of carbonyl (C=O) groups is 3. The number of aliphatic carboxylic acids is 1. The first-order valence-electron chi connectivity index (χ1n) is 13.1. The average molecular weight is 587 g/mol. The molecule has 0 saturated carbocycles. The van der Waals surface area contributed by atoms with Crippen LogP contribution >= 0.6 is 0 Å². The van der Waals surface area contributed by atoms with Gasteiger partial charge in [-0.1, -0.05) is 54.6 Å². The van der Waals surface area contributed by atoms with E-state index in [0.29, 0.717) is 34.5 Å². The second kappa shape index (κ2) is 13.2. The number of benzene rings is 3. The van der Waals surface area contributed by atoms with Crippen molar-refractivity contribution in [3.63, 3.8) is 0 Å². The Morgan fingerprint density at radius 1 is 0.786 bits per heavy atom. The van der Waals surface area contributed by atoms with Crippen molar-refractivity contribution in [3.8, 4) is 11.1 Å². The highest BCUT2D eigenvalue weighted by atomic mass is 32.2. The molecule has 0 unspecified atom stereocenters. The van der Waals surface area contributed by atoms with Crippen molar-refractivity contribution in [2.45, 2.75) is 17.7 Å². The van der Waals surface area contributed by atoms with Crippen molar-refractivity contribution in [2.24, 2.45) is 5.14 Å². The first-order chi connectivity index (χ1) is 20.1. The number of rotatable bonds is 11. The standard InChI is InChI=1S/C31H30N4O6S/c1-34(28-12-6-7-19-33-28)30(38)26-10-4-2-8-24(26)25-9-3-5-11-27(25)31(39)35(21-18-29(36)37)20-17-22-13-15-23(16-14-22)42(32,40)41/h2-16,19H,17-18,20-21H2,1H3,(H,36,37)(H2,32,40,41). The second-order valence-electron chi connectivity index (χ2n) is 9.52. The van der Waals surface area contributed by atoms with E-state index in [1.165, 1.54) is 21.9 Å². The molecule has 3 N–H and O–H groups in total. The topological polar surface area (TPSA) is 151 Å². The van der Waals surface area contributed by atoms with Crippen LogP contribution in [-0.2, 0) is 21.2 Å². The van der Waals surface area contributed by atoms with Gasteiger partial charge in [0, 0.05) is 37.5 Å². The number of amides is 2. The van der Waals surface area contributed by atoms with E-state index in [9.17, 15) is 27.9 Å². The summed E-state index contributed by atoms with van der Waals surface area (Å²) in [4.78, 5) is 46.0. The molecule has 3 aromatic carbocycles. The third kappa shape index (κ3) is 7.25. The number of carboxylic acids is 1. The molecule has 0 spiro atoms. The number of pyridine rings is 1. The minimum Gasteiger partial charge on any atom is -0.481 e. The number of aromatic nitrogens is 1. The molecular weight excluding hydrogens is 556 g/mol. The molecule has 1 aromatic heterocycles. The summed E-state index contributed by atoms with van der Waals surface area (Å²) in [5.41, 5.74) is 2.51. The lowest BCUT2D eigenvalue weighted by Crippen LogP contribution is -2.35. The van der Waals surface area contributed by atoms with Gasteiger partial charge in [-0.2, -0.15) is 0 Å². The number of carboxylic acid groups (broad SMARTS) is 1. The Hall–Kier alpha value is -4.87. The summed E-state index contributed by atoms with van der Waals surface area (Å²) in [5.74, 6) is -1.28. The van der Waals surface area contributed by atoms with Crippen LogP contribution in [-0.4, -0.2) is 61.3 Å². The van der Waals surface area contributed by atoms with Gasteiger partial charge in [0.25, 0.3) is 11.8 Å². The Morgan fingerprint density at radius 3 is 1.90 bits per heavy atom. The van der Waals surface area contributed by atoms with Gasteiger partial charge < -0.3 is 10.0 Å². The summed E-state index contributed by atoms with van der Waals surface area (Å²) < 4.78 is 23.1. The van der Waals surface area contributed by atoms with Crippen molar-refractivity contribution in [1.82, 2.24) is 9.88 Å². The fourth-order valence-corrected chi connectivity index (χ4v) is 4.99. The molecule has 0 aliphatic rings. The predicted octanol–water partition coefficient (Wildman–Crippen LogP) is 3.83. The zero-order valence-corrected chi connectivity index (χ0v) is 23.7. The van der Waals surface area contributed by atoms with E-state index in [-0.39, 0.29) is 30.3 Å². The average Bonchev–Trinajstić information content (AvgIpc) is 3.00. The molecular formula is C31H30N4O6S. The smallest absolute Gasteiger partial charge is 0.305 e. The van der Waals surface area contributed by atoms with Gasteiger partial charge in [-0.3, -0.25) is 19.3 Å². The fourth-order valence-electron chi connectivity index (χ4n) is 4.47. The molecule has 2 amide bonds. The third-order valence-corrected chi connectivity index (χ3v) is 7.64. The Balaban J connectivity index is 1.65. The highest BCUT2D eigenvalue weighted by molar-refractivity contribution is 7.89. The molecule has 11 heteroatoms. The molecule has 0 bridgehead atoms. The van der Waals surface area contributed by atoms with E-state index in [1.54, 1.807) is 92.1 Å². The molecule has 1 heterocycles. The molecule has 0 radical (unpaired) electrons. The first-order valence-corrected chi connectivity index (χ1v) is 14.6. The minimum atomic E-state index is -3.84. The molecule has 4 aromatic rings. The number of anilines is 1. The van der Waals surface area contributed by atoms with E-state index >= 15 is 0 Å². The van der Waals surface area contributed by atoms with Gasteiger partial charge in [0.1, 0.15) is 5.82 Å². The highest BCUT2D eigenvalue weighted by Gasteiger charge is 2.24. The Bertz CT molecular complexity index is 1690. The first kappa shape index (κ1) is 30.1. The monoisotopic (exact) mass is 586 g/mol. The van der Waals surface area contributed by atoms with Crippen LogP contribution in [0.25, 0.3) is 11.1 Å². The van der Waals surface area contributed by atoms with Crippen LogP contribution in [0, 0.1) is 0 Å². The Labute approximate surface area is 244 Å². The molecule has 0 fully saturated rings. The number of sulfonamides is 1. The molecule has 42 heavy (non-hydrogen) atoms. The number of hydrogen-bond donors (Lipinski definition) is 2. The Kier molecular flexibility index (Phi) is 9.46. The number of nitrogens with two attached hydrogens (primary N) is 1. The summed E-state index contributed by atoms with van der Waals surface area (Å²) in [6.45, 7) is 0.138. The van der Waals surface area contributed by atoms with Gasteiger partial charge in [-0.05, 0) is 59.5 Å². The maximum absolute atomic E-state index is 13.9. The lowest BCUT2D eigenvalue weighted by molar-refractivity contribution is -0.137. The van der Waals surface area contributed by atoms with Gasteiger partial charge in [0.05, 0.1) is 11.3 Å². The normalized spacial score (nSPS) is 11.1. The molecule has 4 rings (SSSR count). The third-order valence-electron chi connectivity index (χ3n) is 6.71. The van der Waals surface area contributed by atoms with Crippen molar-refractivity contribution < 1.29 is 27.9 Å². The van der Waals surface area contributed by atoms with Gasteiger partial charge in [-0.15, -0.1) is 0 Å². The lowest BCUT2D eigenvalue weighted by atomic mass is 9.94. The zero-order valence-electron chi connectivity index (χ0n) is 22.9. The van der Waals surface area contributed by atoms with Crippen LogP contribution in [0.4, 0.5) is 5.82 Å². The van der Waals surface area contributed by atoms with E-state index in [0.717, 1.165) is 5.56 Å². The molecule has 0 atom stereocenters. The van der Waals surface area contributed by atoms with E-state index < -0.39 is 21.9 Å². The number of primary sulfonamides is 1. The second-order valence-corrected chi connectivity index (χ2v) is 11.1. The maximum Gasteiger partial charge on any atom is 0.305 e. The van der Waals surface area contributed by atoms with Crippen molar-refractivity contribution in [2.75, 3.05) is 25.0 Å². The van der Waals surface area contributed by atoms with Gasteiger partial charge in [0.15, 0.2) is 0 Å². The summed E-state index contributed by atoms with van der Waals surface area (Å²) in [6, 6.07) is 25.1.